The number of nitrogens with zero attached hydrogens (tertiary/aromatic N) is 2. The molecule has 1 aromatic rings. The Bertz CT molecular complexity index is 577. The van der Waals surface area contributed by atoms with E-state index in [0.717, 1.165) is 23.3 Å². The highest BCUT2D eigenvalue weighted by Gasteiger charge is 2.33. The number of likely N-dealkylation sites (tertiary alicyclic amines) is 1. The smallest absolute Gasteiger partial charge is 0.410 e. The molecule has 5 nitrogen and oxygen atoms in total. The molecule has 0 unspecified atom stereocenters. The number of thiophene rings is 1. The molecular weight excluding hydrogens is 312 g/mol. The predicted molar refractivity (Wildman–Crippen MR) is 92.0 cm³/mol. The van der Waals surface area contributed by atoms with E-state index in [1.54, 1.807) is 16.8 Å². The number of hydrogen-bond acceptors (Lipinski definition) is 4. The van der Waals surface area contributed by atoms with E-state index in [9.17, 15) is 9.59 Å². The van der Waals surface area contributed by atoms with Crippen molar-refractivity contribution in [2.24, 2.45) is 0 Å². The van der Waals surface area contributed by atoms with E-state index in [1.165, 1.54) is 11.3 Å². The summed E-state index contributed by atoms with van der Waals surface area (Å²) in [5.41, 5.74) is 0.502. The molecule has 1 aliphatic rings. The molecule has 0 aromatic carbocycles. The van der Waals surface area contributed by atoms with Gasteiger partial charge in [0.15, 0.2) is 0 Å². The molecule has 1 atom stereocenters. The lowest BCUT2D eigenvalue weighted by molar-refractivity contribution is 0.0199. The van der Waals surface area contributed by atoms with Crippen LogP contribution in [0.3, 0.4) is 0 Å². The van der Waals surface area contributed by atoms with Crippen LogP contribution in [0.15, 0.2) is 11.4 Å². The Kier molecular flexibility index (Phi) is 5.34. The molecule has 0 radical (unpaired) electrons. The Hall–Kier alpha value is -1.56. The maximum absolute atomic E-state index is 12.5. The number of amides is 2. The van der Waals surface area contributed by atoms with Gasteiger partial charge in [-0.25, -0.2) is 4.79 Å². The second kappa shape index (κ2) is 6.91. The fourth-order valence-corrected chi connectivity index (χ4v) is 3.67. The second-order valence-corrected chi connectivity index (χ2v) is 8.00. The second-order valence-electron chi connectivity index (χ2n) is 7.09. The zero-order chi connectivity index (χ0) is 17.2. The molecule has 1 aromatic heterocycles. The van der Waals surface area contributed by atoms with Crippen molar-refractivity contribution in [1.82, 2.24) is 9.80 Å². The minimum atomic E-state index is -0.500. The normalized spacial score (nSPS) is 18.1. The monoisotopic (exact) mass is 338 g/mol. The van der Waals surface area contributed by atoms with Crippen LogP contribution in [-0.2, 0) is 4.74 Å². The van der Waals surface area contributed by atoms with Crippen molar-refractivity contribution in [3.8, 4) is 0 Å². The van der Waals surface area contributed by atoms with E-state index >= 15 is 0 Å². The largest absolute Gasteiger partial charge is 0.444 e. The highest BCUT2D eigenvalue weighted by atomic mass is 32.1. The highest BCUT2D eigenvalue weighted by molar-refractivity contribution is 7.12. The predicted octanol–water partition coefficient (Wildman–Crippen LogP) is 3.53. The molecule has 0 bridgehead atoms. The van der Waals surface area contributed by atoms with Gasteiger partial charge in [0, 0.05) is 20.1 Å². The molecule has 1 aliphatic heterocycles. The van der Waals surface area contributed by atoms with Crippen LogP contribution in [0, 0.1) is 6.92 Å². The first-order valence-electron chi connectivity index (χ1n) is 7.98. The van der Waals surface area contributed by atoms with Crippen LogP contribution in [0.1, 0.15) is 48.8 Å². The Morgan fingerprint density at radius 2 is 2.13 bits per heavy atom. The summed E-state index contributed by atoms with van der Waals surface area (Å²) in [4.78, 5) is 29.1. The minimum absolute atomic E-state index is 0.0218. The number of rotatable bonds is 3. The number of aryl methyl sites for hydroxylation is 1. The summed E-state index contributed by atoms with van der Waals surface area (Å²) in [5.74, 6) is 0.0218. The van der Waals surface area contributed by atoms with Crippen LogP contribution in [-0.4, -0.2) is 53.6 Å². The first-order valence-corrected chi connectivity index (χ1v) is 8.86. The fraction of sp³-hybridized carbons (Fsp3) is 0.647. The molecule has 2 rings (SSSR count). The Morgan fingerprint density at radius 1 is 1.43 bits per heavy atom. The van der Waals surface area contributed by atoms with Gasteiger partial charge in [0.25, 0.3) is 5.91 Å². The average molecular weight is 338 g/mol. The molecule has 2 heterocycles. The topological polar surface area (TPSA) is 49.9 Å². The van der Waals surface area contributed by atoms with Crippen LogP contribution >= 0.6 is 11.3 Å². The van der Waals surface area contributed by atoms with Gasteiger partial charge in [0.1, 0.15) is 5.60 Å². The Balaban J connectivity index is 1.99. The van der Waals surface area contributed by atoms with Crippen molar-refractivity contribution in [3.05, 3.63) is 21.9 Å². The van der Waals surface area contributed by atoms with Crippen molar-refractivity contribution < 1.29 is 14.3 Å². The maximum atomic E-state index is 12.5. The average Bonchev–Trinajstić information content (AvgIpc) is 3.04. The molecular formula is C17H26N2O3S. The zero-order valence-electron chi connectivity index (χ0n) is 14.6. The molecule has 0 spiro atoms. The van der Waals surface area contributed by atoms with E-state index in [4.69, 9.17) is 4.74 Å². The summed E-state index contributed by atoms with van der Waals surface area (Å²) < 4.78 is 5.47. The van der Waals surface area contributed by atoms with Crippen molar-refractivity contribution in [3.63, 3.8) is 0 Å². The standard InChI is InChI=1S/C17H26N2O3S/c1-12-8-10-23-14(12)15(20)18(5)11-13-7-6-9-19(13)16(21)22-17(2,3)4/h8,10,13H,6-7,9,11H2,1-5H3/t13-/m1/s1. The van der Waals surface area contributed by atoms with E-state index in [0.29, 0.717) is 13.1 Å². The number of carbonyl (C=O) groups is 2. The molecule has 1 fully saturated rings. The molecule has 0 saturated carbocycles. The highest BCUT2D eigenvalue weighted by Crippen LogP contribution is 2.23. The van der Waals surface area contributed by atoms with Gasteiger partial charge in [-0.1, -0.05) is 0 Å². The summed E-state index contributed by atoms with van der Waals surface area (Å²) in [7, 11) is 1.80. The van der Waals surface area contributed by atoms with E-state index in [1.807, 2.05) is 39.1 Å². The first-order chi connectivity index (χ1) is 10.7. The molecule has 23 heavy (non-hydrogen) atoms. The molecule has 128 valence electrons. The van der Waals surface area contributed by atoms with Crippen LogP contribution in [0.25, 0.3) is 0 Å². The van der Waals surface area contributed by atoms with Crippen molar-refractivity contribution in [1.29, 1.82) is 0 Å². The molecule has 0 N–H and O–H groups in total. The lowest BCUT2D eigenvalue weighted by Crippen LogP contribution is -2.45. The van der Waals surface area contributed by atoms with Gasteiger partial charge in [-0.3, -0.25) is 4.79 Å². The fourth-order valence-electron chi connectivity index (χ4n) is 2.75. The number of likely N-dealkylation sites (N-methyl/N-ethyl adjacent to an activating group) is 1. The van der Waals surface area contributed by atoms with Crippen molar-refractivity contribution >= 4 is 23.3 Å². The van der Waals surface area contributed by atoms with Gasteiger partial charge < -0.3 is 14.5 Å². The maximum Gasteiger partial charge on any atom is 0.410 e. The van der Waals surface area contributed by atoms with Gasteiger partial charge in [-0.2, -0.15) is 0 Å². The first kappa shape index (κ1) is 17.8. The van der Waals surface area contributed by atoms with Crippen molar-refractivity contribution in [2.45, 2.75) is 52.2 Å². The third kappa shape index (κ3) is 4.47. The SMILES string of the molecule is Cc1ccsc1C(=O)N(C)C[C@H]1CCCN1C(=O)OC(C)(C)C. The van der Waals surface area contributed by atoms with Gasteiger partial charge in [-0.05, 0) is 57.5 Å². The lowest BCUT2D eigenvalue weighted by Gasteiger charge is -2.30. The molecule has 6 heteroatoms. The molecule has 1 saturated heterocycles. The van der Waals surface area contributed by atoms with Gasteiger partial charge >= 0.3 is 6.09 Å². The lowest BCUT2D eigenvalue weighted by atomic mass is 10.2. The van der Waals surface area contributed by atoms with Crippen molar-refractivity contribution in [2.75, 3.05) is 20.1 Å². The summed E-state index contributed by atoms with van der Waals surface area (Å²) >= 11 is 1.46. The van der Waals surface area contributed by atoms with Crippen LogP contribution in [0.4, 0.5) is 4.79 Å². The third-order valence-electron chi connectivity index (χ3n) is 3.89. The zero-order valence-corrected chi connectivity index (χ0v) is 15.4. The Labute approximate surface area is 142 Å². The number of carbonyl (C=O) groups excluding carboxylic acids is 2. The van der Waals surface area contributed by atoms with Crippen LogP contribution < -0.4 is 0 Å². The third-order valence-corrected chi connectivity index (χ3v) is 4.90. The molecule has 0 aliphatic carbocycles. The number of hydrogen-bond donors (Lipinski definition) is 0. The van der Waals surface area contributed by atoms with Crippen LogP contribution in [0.5, 0.6) is 0 Å². The minimum Gasteiger partial charge on any atom is -0.444 e. The summed E-state index contributed by atoms with van der Waals surface area (Å²) in [6, 6.07) is 1.98. The number of ether oxygens (including phenoxy) is 1. The van der Waals surface area contributed by atoms with E-state index in [-0.39, 0.29) is 18.0 Å². The molecule has 2 amide bonds. The Morgan fingerprint density at radius 3 is 2.70 bits per heavy atom. The van der Waals surface area contributed by atoms with E-state index in [2.05, 4.69) is 0 Å². The quantitative estimate of drug-likeness (QED) is 0.847. The summed E-state index contributed by atoms with van der Waals surface area (Å²) in [6.45, 7) is 8.77. The summed E-state index contributed by atoms with van der Waals surface area (Å²) in [5, 5.41) is 1.93. The van der Waals surface area contributed by atoms with Gasteiger partial charge in [-0.15, -0.1) is 11.3 Å². The van der Waals surface area contributed by atoms with Crippen LogP contribution in [0.2, 0.25) is 0 Å². The summed E-state index contributed by atoms with van der Waals surface area (Å²) in [6.07, 6.45) is 1.57. The van der Waals surface area contributed by atoms with Gasteiger partial charge in [0.05, 0.1) is 10.9 Å². The van der Waals surface area contributed by atoms with E-state index < -0.39 is 5.60 Å². The van der Waals surface area contributed by atoms with Gasteiger partial charge in [0.2, 0.25) is 0 Å².